The lowest BCUT2D eigenvalue weighted by Gasteiger charge is -2.15. The van der Waals surface area contributed by atoms with Crippen LogP contribution in [0.25, 0.3) is 0 Å². The second kappa shape index (κ2) is 6.18. The van der Waals surface area contributed by atoms with E-state index in [0.29, 0.717) is 19.4 Å². The number of aryl methyl sites for hydroxylation is 1. The van der Waals surface area contributed by atoms with Crippen molar-refractivity contribution in [2.45, 2.75) is 19.4 Å². The molecule has 0 fully saturated rings. The first-order valence-corrected chi connectivity index (χ1v) is 6.16. The Morgan fingerprint density at radius 2 is 2.00 bits per heavy atom. The zero-order valence-corrected chi connectivity index (χ0v) is 10.8. The summed E-state index contributed by atoms with van der Waals surface area (Å²) < 4.78 is 17.9. The van der Waals surface area contributed by atoms with Gasteiger partial charge in [-0.3, -0.25) is 4.79 Å². The molecule has 1 aromatic carbocycles. The Kier molecular flexibility index (Phi) is 4.34. The highest BCUT2D eigenvalue weighted by atomic mass is 19.1. The van der Waals surface area contributed by atoms with Crippen LogP contribution in [0.2, 0.25) is 0 Å². The first kappa shape index (κ1) is 13.3. The molecule has 1 amide bonds. The number of hydrogen-bond donors (Lipinski definition) is 0. The van der Waals surface area contributed by atoms with Crippen molar-refractivity contribution in [1.82, 2.24) is 4.90 Å². The average molecular weight is 261 g/mol. The number of furan rings is 1. The van der Waals surface area contributed by atoms with Crippen molar-refractivity contribution < 1.29 is 13.6 Å². The maximum Gasteiger partial charge on any atom is 0.223 e. The number of amides is 1. The van der Waals surface area contributed by atoms with Crippen molar-refractivity contribution in [3.05, 3.63) is 59.8 Å². The van der Waals surface area contributed by atoms with Gasteiger partial charge in [0.05, 0.1) is 12.8 Å². The van der Waals surface area contributed by atoms with Gasteiger partial charge in [-0.2, -0.15) is 0 Å². The van der Waals surface area contributed by atoms with Crippen LogP contribution in [0.5, 0.6) is 0 Å². The fourth-order valence-corrected chi connectivity index (χ4v) is 1.82. The van der Waals surface area contributed by atoms with E-state index in [2.05, 4.69) is 0 Å². The smallest absolute Gasteiger partial charge is 0.223 e. The molecule has 2 rings (SSSR count). The molecule has 0 aliphatic rings. The summed E-state index contributed by atoms with van der Waals surface area (Å²) >= 11 is 0. The summed E-state index contributed by atoms with van der Waals surface area (Å²) in [5.41, 5.74) is 0.959. The van der Waals surface area contributed by atoms with Gasteiger partial charge >= 0.3 is 0 Å². The van der Waals surface area contributed by atoms with Gasteiger partial charge in [0.15, 0.2) is 0 Å². The molecule has 1 heterocycles. The zero-order valence-electron chi connectivity index (χ0n) is 10.8. The van der Waals surface area contributed by atoms with Crippen molar-refractivity contribution in [2.75, 3.05) is 7.05 Å². The monoisotopic (exact) mass is 261 g/mol. The van der Waals surface area contributed by atoms with E-state index < -0.39 is 0 Å². The Labute approximate surface area is 111 Å². The number of nitrogens with zero attached hydrogens (tertiary/aromatic N) is 1. The van der Waals surface area contributed by atoms with Gasteiger partial charge in [0.2, 0.25) is 5.91 Å². The molecule has 0 bridgehead atoms. The van der Waals surface area contributed by atoms with E-state index in [1.165, 1.54) is 12.1 Å². The average Bonchev–Trinajstić information content (AvgIpc) is 2.90. The van der Waals surface area contributed by atoms with E-state index in [4.69, 9.17) is 4.42 Å². The third kappa shape index (κ3) is 3.95. The number of rotatable bonds is 5. The highest BCUT2D eigenvalue weighted by Gasteiger charge is 2.10. The molecule has 0 atom stereocenters. The SMILES string of the molecule is CN(Cc1ccco1)C(=O)CCc1ccc(F)cc1. The summed E-state index contributed by atoms with van der Waals surface area (Å²) in [7, 11) is 1.75. The van der Waals surface area contributed by atoms with E-state index in [1.807, 2.05) is 6.07 Å². The van der Waals surface area contributed by atoms with Crippen LogP contribution in [0.15, 0.2) is 47.1 Å². The number of benzene rings is 1. The largest absolute Gasteiger partial charge is 0.467 e. The van der Waals surface area contributed by atoms with E-state index in [9.17, 15) is 9.18 Å². The zero-order chi connectivity index (χ0) is 13.7. The number of hydrogen-bond acceptors (Lipinski definition) is 2. The van der Waals surface area contributed by atoms with Crippen LogP contribution in [0.3, 0.4) is 0 Å². The molecule has 100 valence electrons. The first-order chi connectivity index (χ1) is 9.15. The van der Waals surface area contributed by atoms with Crippen LogP contribution in [0.4, 0.5) is 4.39 Å². The lowest BCUT2D eigenvalue weighted by Crippen LogP contribution is -2.26. The molecule has 0 saturated heterocycles. The van der Waals surface area contributed by atoms with Gasteiger partial charge in [-0.25, -0.2) is 4.39 Å². The second-order valence-electron chi connectivity index (χ2n) is 4.46. The van der Waals surface area contributed by atoms with Crippen LogP contribution in [-0.2, 0) is 17.8 Å². The Morgan fingerprint density at radius 3 is 2.63 bits per heavy atom. The molecular weight excluding hydrogens is 245 g/mol. The molecule has 0 saturated carbocycles. The van der Waals surface area contributed by atoms with Crippen molar-refractivity contribution in [2.24, 2.45) is 0 Å². The fraction of sp³-hybridized carbons (Fsp3) is 0.267. The molecule has 3 nitrogen and oxygen atoms in total. The number of carbonyl (C=O) groups excluding carboxylic acids is 1. The van der Waals surface area contributed by atoms with Gasteiger partial charge in [0.25, 0.3) is 0 Å². The van der Waals surface area contributed by atoms with Gasteiger partial charge in [-0.1, -0.05) is 12.1 Å². The first-order valence-electron chi connectivity index (χ1n) is 6.16. The van der Waals surface area contributed by atoms with E-state index in [0.717, 1.165) is 11.3 Å². The van der Waals surface area contributed by atoms with Crippen LogP contribution < -0.4 is 0 Å². The van der Waals surface area contributed by atoms with Crippen LogP contribution in [0, 0.1) is 5.82 Å². The summed E-state index contributed by atoms with van der Waals surface area (Å²) in [4.78, 5) is 13.5. The molecule has 0 N–H and O–H groups in total. The van der Waals surface area contributed by atoms with Crippen LogP contribution >= 0.6 is 0 Å². The number of carbonyl (C=O) groups is 1. The lowest BCUT2D eigenvalue weighted by atomic mass is 10.1. The van der Waals surface area contributed by atoms with E-state index >= 15 is 0 Å². The quantitative estimate of drug-likeness (QED) is 0.829. The third-order valence-electron chi connectivity index (χ3n) is 2.94. The third-order valence-corrected chi connectivity index (χ3v) is 2.94. The van der Waals surface area contributed by atoms with Gasteiger partial charge in [0.1, 0.15) is 11.6 Å². The molecule has 2 aromatic rings. The van der Waals surface area contributed by atoms with Crippen LogP contribution in [-0.4, -0.2) is 17.9 Å². The maximum atomic E-state index is 12.7. The lowest BCUT2D eigenvalue weighted by molar-refractivity contribution is -0.130. The predicted octanol–water partition coefficient (Wildman–Crippen LogP) is 3.01. The minimum Gasteiger partial charge on any atom is -0.467 e. The Balaban J connectivity index is 1.82. The topological polar surface area (TPSA) is 33.5 Å². The Morgan fingerprint density at radius 1 is 1.26 bits per heavy atom. The highest BCUT2D eigenvalue weighted by Crippen LogP contribution is 2.09. The standard InChI is InChI=1S/C15H16FNO2/c1-17(11-14-3-2-10-19-14)15(18)9-6-12-4-7-13(16)8-5-12/h2-5,7-8,10H,6,9,11H2,1H3. The van der Waals surface area contributed by atoms with Crippen molar-refractivity contribution >= 4 is 5.91 Å². The fourth-order valence-electron chi connectivity index (χ4n) is 1.82. The van der Waals surface area contributed by atoms with Gasteiger partial charge in [-0.05, 0) is 36.2 Å². The maximum absolute atomic E-state index is 12.7. The predicted molar refractivity (Wildman–Crippen MR) is 69.9 cm³/mol. The molecule has 4 heteroatoms. The summed E-state index contributed by atoms with van der Waals surface area (Å²) in [5.74, 6) is 0.545. The minimum absolute atomic E-state index is 0.0423. The van der Waals surface area contributed by atoms with Crippen molar-refractivity contribution in [3.8, 4) is 0 Å². The Bertz CT molecular complexity index is 520. The van der Waals surface area contributed by atoms with Gasteiger partial charge in [-0.15, -0.1) is 0 Å². The molecular formula is C15H16FNO2. The molecule has 0 aliphatic carbocycles. The highest BCUT2D eigenvalue weighted by molar-refractivity contribution is 5.76. The summed E-state index contributed by atoms with van der Waals surface area (Å²) in [5, 5.41) is 0. The van der Waals surface area contributed by atoms with Crippen molar-refractivity contribution in [3.63, 3.8) is 0 Å². The molecule has 0 spiro atoms. The summed E-state index contributed by atoms with van der Waals surface area (Å²) in [6.07, 6.45) is 2.61. The van der Waals surface area contributed by atoms with E-state index in [-0.39, 0.29) is 11.7 Å². The Hall–Kier alpha value is -2.10. The normalized spacial score (nSPS) is 10.4. The molecule has 0 aliphatic heterocycles. The summed E-state index contributed by atoms with van der Waals surface area (Å²) in [6, 6.07) is 9.86. The van der Waals surface area contributed by atoms with Gasteiger partial charge in [0, 0.05) is 13.5 Å². The van der Waals surface area contributed by atoms with Crippen LogP contribution in [0.1, 0.15) is 17.7 Å². The second-order valence-corrected chi connectivity index (χ2v) is 4.46. The number of halogens is 1. The molecule has 19 heavy (non-hydrogen) atoms. The molecule has 0 unspecified atom stereocenters. The van der Waals surface area contributed by atoms with Gasteiger partial charge < -0.3 is 9.32 Å². The van der Waals surface area contributed by atoms with E-state index in [1.54, 1.807) is 36.4 Å². The minimum atomic E-state index is -0.259. The molecule has 1 aromatic heterocycles. The molecule has 0 radical (unpaired) electrons. The summed E-state index contributed by atoms with van der Waals surface area (Å²) in [6.45, 7) is 0.468. The van der Waals surface area contributed by atoms with Crippen molar-refractivity contribution in [1.29, 1.82) is 0 Å².